The monoisotopic (exact) mass is 590 g/mol. The normalized spacial score (nSPS) is 16.3. The summed E-state index contributed by atoms with van der Waals surface area (Å²) >= 11 is 1.72. The van der Waals surface area contributed by atoms with Crippen LogP contribution in [0.15, 0.2) is 45.7 Å². The molecule has 0 unspecified atom stereocenters. The number of hydrogen-bond donors (Lipinski definition) is 2. The van der Waals surface area contributed by atoms with Gasteiger partial charge in [0.05, 0.1) is 5.56 Å². The Labute approximate surface area is 236 Å². The van der Waals surface area contributed by atoms with Gasteiger partial charge in [0.15, 0.2) is 11.4 Å². The van der Waals surface area contributed by atoms with Crippen LogP contribution in [0.4, 0.5) is 23.4 Å². The zero-order valence-electron chi connectivity index (χ0n) is 21.7. The number of hydrogen-bond acceptors (Lipinski definition) is 7. The molecule has 2 aliphatic rings. The van der Waals surface area contributed by atoms with Crippen molar-refractivity contribution in [1.82, 2.24) is 15.0 Å². The second-order valence-electron chi connectivity index (χ2n) is 9.30. The molecule has 2 fully saturated rings. The summed E-state index contributed by atoms with van der Waals surface area (Å²) in [5.74, 6) is 3.03. The number of anilines is 1. The van der Waals surface area contributed by atoms with Crippen LogP contribution in [0.2, 0.25) is 0 Å². The van der Waals surface area contributed by atoms with Crippen molar-refractivity contribution < 1.29 is 31.9 Å². The number of thioether (sulfide) groups is 1. The molecule has 2 saturated heterocycles. The first kappa shape index (κ1) is 29.9. The van der Waals surface area contributed by atoms with E-state index in [0.717, 1.165) is 24.3 Å². The van der Waals surface area contributed by atoms with Gasteiger partial charge >= 0.3 is 6.18 Å². The number of fused-ring (bicyclic) bond motifs is 3. The fourth-order valence-electron chi connectivity index (χ4n) is 4.71. The Hall–Kier alpha value is -4.05. The van der Waals surface area contributed by atoms with E-state index in [0.29, 0.717) is 48.0 Å². The molecule has 0 atom stereocenters. The number of benzene rings is 1. The summed E-state index contributed by atoms with van der Waals surface area (Å²) in [6.07, 6.45) is 4.74. The van der Waals surface area contributed by atoms with Crippen molar-refractivity contribution >= 4 is 46.1 Å². The average molecular weight is 591 g/mol. The molecule has 0 aliphatic carbocycles. The van der Waals surface area contributed by atoms with Crippen LogP contribution in [-0.4, -0.2) is 51.1 Å². The van der Waals surface area contributed by atoms with E-state index in [2.05, 4.69) is 20.9 Å². The van der Waals surface area contributed by atoms with E-state index in [1.807, 2.05) is 4.90 Å². The minimum absolute atomic E-state index is 0.184. The Morgan fingerprint density at radius 3 is 2.46 bits per heavy atom. The minimum atomic E-state index is -4.58. The molecule has 216 valence electrons. The number of furan rings is 1. The molecule has 8 nitrogen and oxygen atoms in total. The number of para-hydroxylation sites is 1. The quantitative estimate of drug-likeness (QED) is 0.173. The van der Waals surface area contributed by atoms with Crippen molar-refractivity contribution in [2.24, 2.45) is 0 Å². The first-order valence-electron chi connectivity index (χ1n) is 12.7. The van der Waals surface area contributed by atoms with Crippen LogP contribution in [0.3, 0.4) is 0 Å². The number of carboxylic acid groups (broad SMARTS) is 1. The predicted molar refractivity (Wildman–Crippen MR) is 149 cm³/mol. The highest BCUT2D eigenvalue weighted by Gasteiger charge is 2.38. The summed E-state index contributed by atoms with van der Waals surface area (Å²) < 4.78 is 59.7. The number of terminal acetylenes is 1. The number of aromatic amines is 1. The van der Waals surface area contributed by atoms with Crippen molar-refractivity contribution in [3.63, 3.8) is 0 Å². The van der Waals surface area contributed by atoms with Crippen LogP contribution in [0.25, 0.3) is 22.1 Å². The van der Waals surface area contributed by atoms with Crippen molar-refractivity contribution in [1.29, 1.82) is 0 Å². The molecule has 0 saturated carbocycles. The third kappa shape index (κ3) is 6.65. The number of alkyl halides is 4. The summed E-state index contributed by atoms with van der Waals surface area (Å²) in [6.45, 7) is 1.11. The molecule has 2 aliphatic heterocycles. The molecule has 2 N–H and O–H groups in total. The van der Waals surface area contributed by atoms with Gasteiger partial charge < -0.3 is 19.4 Å². The SMILES string of the molecule is C#Cc1c[nH]c(=O)c(C2(F)CCSCC2)c1.FC(F)(F)c1nc(N2CCCC2)c2oc3ccccc3c2n1.O=CO. The smallest absolute Gasteiger partial charge is 0.451 e. The second-order valence-corrected chi connectivity index (χ2v) is 10.5. The molecule has 6 rings (SSSR count). The first-order valence-corrected chi connectivity index (χ1v) is 13.8. The van der Waals surface area contributed by atoms with Gasteiger partial charge in [-0.2, -0.15) is 24.9 Å². The van der Waals surface area contributed by atoms with Crippen LogP contribution in [0.5, 0.6) is 0 Å². The first-order chi connectivity index (χ1) is 19.6. The summed E-state index contributed by atoms with van der Waals surface area (Å²) in [4.78, 5) is 31.8. The lowest BCUT2D eigenvalue weighted by atomic mass is 9.90. The minimum Gasteiger partial charge on any atom is -0.483 e. The average Bonchev–Trinajstić information content (AvgIpc) is 3.62. The van der Waals surface area contributed by atoms with Gasteiger partial charge in [-0.1, -0.05) is 18.1 Å². The maximum absolute atomic E-state index is 14.6. The molecule has 0 spiro atoms. The van der Waals surface area contributed by atoms with Crippen LogP contribution in [0, 0.1) is 12.3 Å². The molecule has 1 aromatic carbocycles. The lowest BCUT2D eigenvalue weighted by molar-refractivity contribution is -0.144. The number of pyridine rings is 1. The zero-order valence-corrected chi connectivity index (χ0v) is 22.5. The Kier molecular flexibility index (Phi) is 9.22. The van der Waals surface area contributed by atoms with Gasteiger partial charge in [0.1, 0.15) is 16.8 Å². The fourth-order valence-corrected chi connectivity index (χ4v) is 5.85. The van der Waals surface area contributed by atoms with Gasteiger partial charge in [-0.3, -0.25) is 9.59 Å². The zero-order chi connectivity index (χ0) is 29.6. The number of H-pyrrole nitrogens is 1. The van der Waals surface area contributed by atoms with E-state index < -0.39 is 17.7 Å². The number of nitrogens with zero attached hydrogens (tertiary/aromatic N) is 3. The Morgan fingerprint density at radius 1 is 1.17 bits per heavy atom. The number of halogens is 4. The molecule has 3 aromatic heterocycles. The van der Waals surface area contributed by atoms with Gasteiger partial charge in [-0.05, 0) is 55.4 Å². The summed E-state index contributed by atoms with van der Waals surface area (Å²) in [5.41, 5.74) is -0.102. The highest BCUT2D eigenvalue weighted by Crippen LogP contribution is 2.39. The fraction of sp³-hybridized carbons (Fsp3) is 0.357. The number of aromatic nitrogens is 3. The van der Waals surface area contributed by atoms with Gasteiger partial charge in [0, 0.05) is 30.2 Å². The van der Waals surface area contributed by atoms with Crippen molar-refractivity contribution in [2.75, 3.05) is 29.5 Å². The molecule has 0 radical (unpaired) electrons. The number of rotatable bonds is 2. The third-order valence-electron chi connectivity index (χ3n) is 6.70. The number of carbonyl (C=O) groups is 1. The second kappa shape index (κ2) is 12.6. The van der Waals surface area contributed by atoms with Gasteiger partial charge in [-0.15, -0.1) is 6.42 Å². The summed E-state index contributed by atoms with van der Waals surface area (Å²) in [6, 6.07) is 8.45. The predicted octanol–water partition coefficient (Wildman–Crippen LogP) is 5.74. The maximum atomic E-state index is 14.6. The van der Waals surface area contributed by atoms with Crippen LogP contribution in [-0.2, 0) is 16.6 Å². The van der Waals surface area contributed by atoms with E-state index in [4.69, 9.17) is 20.7 Å². The highest BCUT2D eigenvalue weighted by atomic mass is 32.2. The summed E-state index contributed by atoms with van der Waals surface area (Å²) in [7, 11) is 0. The maximum Gasteiger partial charge on any atom is 0.451 e. The molecule has 41 heavy (non-hydrogen) atoms. The van der Waals surface area contributed by atoms with Gasteiger partial charge in [-0.25, -0.2) is 14.4 Å². The van der Waals surface area contributed by atoms with E-state index >= 15 is 0 Å². The lowest BCUT2D eigenvalue weighted by Gasteiger charge is -2.28. The summed E-state index contributed by atoms with van der Waals surface area (Å²) in [5, 5.41) is 7.46. The largest absolute Gasteiger partial charge is 0.483 e. The lowest BCUT2D eigenvalue weighted by Crippen LogP contribution is -2.32. The molecule has 5 heterocycles. The van der Waals surface area contributed by atoms with Gasteiger partial charge in [0.2, 0.25) is 5.82 Å². The standard InChI is InChI=1S/C15H12F3N3O.C12H12FNOS.CH2O2/c16-15(17,18)14-19-11-9-5-1-2-6-10(9)22-12(11)13(20-14)21-7-3-4-8-21;1-2-9-7-10(11(15)14-8-9)12(13)3-5-16-6-4-12;2-1-3/h1-2,5-6H,3-4,7-8H2;1,7-8H,3-6H2,(H,14,15);1H,(H,2,3). The Balaban J connectivity index is 0.000000180. The third-order valence-corrected chi connectivity index (χ3v) is 7.68. The van der Waals surface area contributed by atoms with Crippen molar-refractivity contribution in [3.05, 3.63) is 63.8 Å². The molecule has 0 amide bonds. The Morgan fingerprint density at radius 2 is 1.83 bits per heavy atom. The Bertz CT molecular complexity index is 1620. The van der Waals surface area contributed by atoms with E-state index in [1.165, 1.54) is 12.3 Å². The molecule has 4 aromatic rings. The van der Waals surface area contributed by atoms with Crippen LogP contribution in [0.1, 0.15) is 42.6 Å². The topological polar surface area (TPSA) is 112 Å². The molecule has 0 bridgehead atoms. The van der Waals surface area contributed by atoms with Crippen LogP contribution < -0.4 is 10.5 Å². The van der Waals surface area contributed by atoms with Crippen molar-refractivity contribution in [2.45, 2.75) is 37.5 Å². The molecular formula is C28H26F4N4O4S. The van der Waals surface area contributed by atoms with Crippen molar-refractivity contribution in [3.8, 4) is 12.3 Å². The number of nitrogens with one attached hydrogen (secondary N) is 1. The molecule has 13 heteroatoms. The van der Waals surface area contributed by atoms with E-state index in [-0.39, 0.29) is 28.9 Å². The van der Waals surface area contributed by atoms with E-state index in [1.54, 1.807) is 36.0 Å². The van der Waals surface area contributed by atoms with E-state index in [9.17, 15) is 22.4 Å². The van der Waals surface area contributed by atoms with Crippen LogP contribution >= 0.6 is 11.8 Å². The van der Waals surface area contributed by atoms with Gasteiger partial charge in [0.25, 0.3) is 12.0 Å². The highest BCUT2D eigenvalue weighted by molar-refractivity contribution is 7.99. The molecular weight excluding hydrogens is 564 g/mol.